The number of aliphatic hydroxyl groups excluding tert-OH is 14. The summed E-state index contributed by atoms with van der Waals surface area (Å²) in [5, 5.41) is 141. The molecule has 0 aromatic carbocycles. The van der Waals surface area contributed by atoms with Crippen LogP contribution in [-0.2, 0) is 33.2 Å². The van der Waals surface area contributed by atoms with Crippen LogP contribution >= 0.6 is 0 Å². The lowest BCUT2D eigenvalue weighted by Gasteiger charge is -2.45. The topological polar surface area (TPSA) is 442 Å². The molecule has 0 aromatic rings. The van der Waals surface area contributed by atoms with E-state index in [0.29, 0.717) is 0 Å². The normalized spacial score (nSPS) is 49.4. The van der Waals surface area contributed by atoms with Gasteiger partial charge in [0.2, 0.25) is 5.79 Å². The lowest BCUT2D eigenvalue weighted by Crippen LogP contribution is -2.64. The van der Waals surface area contributed by atoms with Crippen molar-refractivity contribution in [2.45, 2.75) is 116 Å². The van der Waals surface area contributed by atoms with Gasteiger partial charge in [-0.3, -0.25) is 0 Å². The fraction of sp³-hybridized carbons (Fsp3) is 1.00. The van der Waals surface area contributed by atoms with E-state index in [0.717, 1.165) is 0 Å². The minimum Gasteiger partial charge on any atom is -0.412 e. The lowest BCUT2D eigenvalue weighted by molar-refractivity contribution is -0.388. The molecular weight excluding hydrogens is 672 g/mol. The number of aliphatic hydroxyl groups is 14. The quantitative estimate of drug-likeness (QED) is 0.0941. The van der Waals surface area contributed by atoms with Crippen LogP contribution in [0.2, 0.25) is 0 Å². The predicted molar refractivity (Wildman–Crippen MR) is 145 cm³/mol. The Hall–Kier alpha value is -0.960. The van der Waals surface area contributed by atoms with Crippen LogP contribution in [0.5, 0.6) is 0 Å². The highest BCUT2D eigenvalue weighted by Crippen LogP contribution is 2.36. The zero-order chi connectivity index (χ0) is 33.4. The van der Waals surface area contributed by atoms with Crippen LogP contribution in [-0.4, -0.2) is 237 Å². The van der Waals surface area contributed by atoms with E-state index in [-0.39, 0.29) is 16.4 Å². The third-order valence-electron chi connectivity index (χ3n) is 8.26. The predicted octanol–water partition coefficient (Wildman–Crippen LogP) is -12.2. The van der Waals surface area contributed by atoms with E-state index in [2.05, 4.69) is 0 Å². The summed E-state index contributed by atoms with van der Waals surface area (Å²) in [6.07, 6.45) is -31.4. The number of ether oxygens (including phenoxy) is 7. The third kappa shape index (κ3) is 8.73. The first-order valence-corrected chi connectivity index (χ1v) is 14.1. The summed E-state index contributed by atoms with van der Waals surface area (Å²) >= 11 is 0. The first-order valence-electron chi connectivity index (χ1n) is 14.1. The number of hydrogen-bond acceptors (Lipinski definition) is 21. The van der Waals surface area contributed by atoms with Gasteiger partial charge in [0.05, 0.1) is 26.4 Å². The van der Waals surface area contributed by atoms with Gasteiger partial charge < -0.3 is 121 Å². The van der Waals surface area contributed by atoms with Crippen LogP contribution in [0.4, 0.5) is 0 Å². The van der Waals surface area contributed by atoms with Crippen LogP contribution in [0.25, 0.3) is 0 Å². The average Bonchev–Trinajstić information content (AvgIpc) is 3.28. The second-order valence-corrected chi connectivity index (χ2v) is 11.3. The molecule has 4 fully saturated rings. The SMILES string of the molecule is O.O.O.OCC1OC(OCC2OC(OCC3OC(OC4(CO)OC(CO)C(O)C4O)C(O)C(O)C3O)C(O)C(O)C2O)C(O)C(O)C1O. The minimum absolute atomic E-state index is 0. The Balaban J connectivity index is 0.00000384. The van der Waals surface area contributed by atoms with Gasteiger partial charge in [-0.1, -0.05) is 0 Å². The second-order valence-electron chi connectivity index (χ2n) is 11.3. The van der Waals surface area contributed by atoms with Crippen molar-refractivity contribution in [3.8, 4) is 0 Å². The Bertz CT molecular complexity index is 934. The Kier molecular flexibility index (Phi) is 17.4. The molecule has 20 N–H and O–H groups in total. The molecule has 4 rings (SSSR count). The van der Waals surface area contributed by atoms with E-state index in [1.807, 2.05) is 0 Å². The molecule has 4 heterocycles. The molecular formula is C24H48O24. The van der Waals surface area contributed by atoms with Crippen LogP contribution in [0.15, 0.2) is 0 Å². The van der Waals surface area contributed by atoms with E-state index < -0.39 is 149 Å². The molecule has 19 atom stereocenters. The van der Waals surface area contributed by atoms with Gasteiger partial charge in [0.25, 0.3) is 0 Å². The molecule has 0 bridgehead atoms. The smallest absolute Gasteiger partial charge is 0.224 e. The molecule has 0 aromatic heterocycles. The van der Waals surface area contributed by atoms with Gasteiger partial charge in [0.15, 0.2) is 18.9 Å². The highest BCUT2D eigenvalue weighted by atomic mass is 16.8. The maximum atomic E-state index is 10.5. The summed E-state index contributed by atoms with van der Waals surface area (Å²) in [7, 11) is 0. The summed E-state index contributed by atoms with van der Waals surface area (Å²) < 4.78 is 37.6. The van der Waals surface area contributed by atoms with Gasteiger partial charge in [0, 0.05) is 0 Å². The van der Waals surface area contributed by atoms with Crippen LogP contribution in [0.3, 0.4) is 0 Å². The molecule has 19 unspecified atom stereocenters. The van der Waals surface area contributed by atoms with Crippen LogP contribution in [0.1, 0.15) is 0 Å². The van der Waals surface area contributed by atoms with Gasteiger partial charge in [-0.05, 0) is 0 Å². The Morgan fingerprint density at radius 2 is 0.812 bits per heavy atom. The van der Waals surface area contributed by atoms with Crippen molar-refractivity contribution in [2.75, 3.05) is 33.0 Å². The standard InChI is InChI=1S/C24H42O21.3H2O/c25-1-6-10(28)14(32)17(35)21(41-6)39-3-8-11(29)15(33)18(36)22(42-8)40-4-9-12(30)16(34)19(37)23(43-9)45-24(5-27)20(38)13(31)7(2-26)44-24;;;/h6-23,25-38H,1-5H2;3*1H2. The van der Waals surface area contributed by atoms with Gasteiger partial charge in [-0.2, -0.15) is 0 Å². The molecule has 0 radical (unpaired) electrons. The van der Waals surface area contributed by atoms with Crippen molar-refractivity contribution < 1.29 is 121 Å². The van der Waals surface area contributed by atoms with Crippen molar-refractivity contribution in [3.63, 3.8) is 0 Å². The van der Waals surface area contributed by atoms with Crippen LogP contribution < -0.4 is 0 Å². The van der Waals surface area contributed by atoms with Crippen molar-refractivity contribution >= 4 is 0 Å². The molecule has 24 nitrogen and oxygen atoms in total. The molecule has 288 valence electrons. The van der Waals surface area contributed by atoms with Crippen molar-refractivity contribution in [2.24, 2.45) is 0 Å². The number of rotatable bonds is 11. The van der Waals surface area contributed by atoms with E-state index in [1.165, 1.54) is 0 Å². The van der Waals surface area contributed by atoms with E-state index >= 15 is 0 Å². The molecule has 0 amide bonds. The largest absolute Gasteiger partial charge is 0.412 e. The maximum Gasteiger partial charge on any atom is 0.224 e. The lowest BCUT2D eigenvalue weighted by atomic mass is 9.98. The summed E-state index contributed by atoms with van der Waals surface area (Å²) in [4.78, 5) is 0. The maximum absolute atomic E-state index is 10.5. The fourth-order valence-electron chi connectivity index (χ4n) is 5.39. The fourth-order valence-corrected chi connectivity index (χ4v) is 5.39. The summed E-state index contributed by atoms with van der Waals surface area (Å²) in [5.74, 6) is -2.43. The molecule has 0 aliphatic carbocycles. The molecule has 4 aliphatic rings. The zero-order valence-electron chi connectivity index (χ0n) is 25.0. The summed E-state index contributed by atoms with van der Waals surface area (Å²) in [6.45, 7) is -4.02. The third-order valence-corrected chi connectivity index (χ3v) is 8.26. The van der Waals surface area contributed by atoms with Gasteiger partial charge in [-0.15, -0.1) is 0 Å². The molecule has 0 saturated carbocycles. The summed E-state index contributed by atoms with van der Waals surface area (Å²) in [5.41, 5.74) is 0. The Morgan fingerprint density at radius 1 is 0.438 bits per heavy atom. The second kappa shape index (κ2) is 18.5. The van der Waals surface area contributed by atoms with Gasteiger partial charge >= 0.3 is 0 Å². The van der Waals surface area contributed by atoms with Crippen molar-refractivity contribution in [1.29, 1.82) is 0 Å². The number of hydrogen-bond donors (Lipinski definition) is 14. The highest BCUT2D eigenvalue weighted by molar-refractivity contribution is 4.99. The van der Waals surface area contributed by atoms with E-state index in [4.69, 9.17) is 33.2 Å². The Labute approximate surface area is 270 Å². The molecule has 4 aliphatic heterocycles. The molecule has 48 heavy (non-hydrogen) atoms. The molecule has 4 saturated heterocycles. The van der Waals surface area contributed by atoms with Crippen LogP contribution in [0, 0.1) is 0 Å². The molecule has 24 heteroatoms. The zero-order valence-corrected chi connectivity index (χ0v) is 25.0. The first kappa shape index (κ1) is 45.1. The Morgan fingerprint density at radius 3 is 1.21 bits per heavy atom. The molecule has 0 spiro atoms. The highest BCUT2D eigenvalue weighted by Gasteiger charge is 2.58. The van der Waals surface area contributed by atoms with Crippen molar-refractivity contribution in [1.82, 2.24) is 0 Å². The average molecular weight is 721 g/mol. The van der Waals surface area contributed by atoms with E-state index in [9.17, 15) is 71.5 Å². The van der Waals surface area contributed by atoms with Gasteiger partial charge in [-0.25, -0.2) is 0 Å². The monoisotopic (exact) mass is 720 g/mol. The minimum atomic E-state index is -2.43. The summed E-state index contributed by atoms with van der Waals surface area (Å²) in [6, 6.07) is 0. The first-order chi connectivity index (χ1) is 21.2. The van der Waals surface area contributed by atoms with Gasteiger partial charge in [0.1, 0.15) is 98.2 Å². The van der Waals surface area contributed by atoms with Crippen molar-refractivity contribution in [3.05, 3.63) is 0 Å². The van der Waals surface area contributed by atoms with E-state index in [1.54, 1.807) is 0 Å².